The Bertz CT molecular complexity index is 384. The molecule has 4 nitrogen and oxygen atoms in total. The summed E-state index contributed by atoms with van der Waals surface area (Å²) in [7, 11) is 0. The van der Waals surface area contributed by atoms with Crippen LogP contribution >= 0.6 is 23.2 Å². The molecule has 2 aliphatic rings. The van der Waals surface area contributed by atoms with Crippen LogP contribution in [0.4, 0.5) is 5.95 Å². The van der Waals surface area contributed by atoms with E-state index >= 15 is 0 Å². The van der Waals surface area contributed by atoms with Crippen LogP contribution in [0.5, 0.6) is 0 Å². The lowest BCUT2D eigenvalue weighted by Crippen LogP contribution is -2.30. The van der Waals surface area contributed by atoms with Crippen LogP contribution < -0.4 is 4.90 Å². The van der Waals surface area contributed by atoms with E-state index in [2.05, 4.69) is 19.9 Å². The first kappa shape index (κ1) is 10.5. The SMILES string of the molecule is Clc1nc(Cl)nc(N(CC2CC2)C2CC2)n1. The van der Waals surface area contributed by atoms with Crippen LogP contribution in [-0.2, 0) is 0 Å². The Balaban J connectivity index is 1.84. The monoisotopic (exact) mass is 258 g/mol. The molecule has 0 aromatic carbocycles. The number of anilines is 1. The molecule has 0 radical (unpaired) electrons. The summed E-state index contributed by atoms with van der Waals surface area (Å²) >= 11 is 11.6. The fraction of sp³-hybridized carbons (Fsp3) is 0.700. The van der Waals surface area contributed by atoms with E-state index < -0.39 is 0 Å². The van der Waals surface area contributed by atoms with Crippen LogP contribution in [0.3, 0.4) is 0 Å². The molecule has 2 fully saturated rings. The van der Waals surface area contributed by atoms with E-state index in [4.69, 9.17) is 23.2 Å². The molecule has 0 unspecified atom stereocenters. The van der Waals surface area contributed by atoms with E-state index in [0.29, 0.717) is 12.0 Å². The van der Waals surface area contributed by atoms with Gasteiger partial charge in [0.2, 0.25) is 16.5 Å². The van der Waals surface area contributed by atoms with Crippen molar-refractivity contribution in [1.82, 2.24) is 15.0 Å². The zero-order chi connectivity index (χ0) is 11.1. The number of aromatic nitrogens is 3. The van der Waals surface area contributed by atoms with E-state index in [0.717, 1.165) is 12.5 Å². The highest BCUT2D eigenvalue weighted by Gasteiger charge is 2.35. The minimum atomic E-state index is 0.177. The van der Waals surface area contributed by atoms with Gasteiger partial charge in [-0.05, 0) is 54.8 Å². The van der Waals surface area contributed by atoms with Gasteiger partial charge in [0, 0.05) is 12.6 Å². The largest absolute Gasteiger partial charge is 0.337 e. The van der Waals surface area contributed by atoms with Crippen molar-refractivity contribution in [1.29, 1.82) is 0 Å². The lowest BCUT2D eigenvalue weighted by atomic mass is 10.3. The van der Waals surface area contributed by atoms with Crippen LogP contribution in [0.25, 0.3) is 0 Å². The van der Waals surface area contributed by atoms with Crippen LogP contribution in [-0.4, -0.2) is 27.5 Å². The van der Waals surface area contributed by atoms with Gasteiger partial charge in [-0.3, -0.25) is 0 Å². The van der Waals surface area contributed by atoms with Gasteiger partial charge in [0.25, 0.3) is 0 Å². The average Bonchev–Trinajstić information content (AvgIpc) is 3.07. The third kappa shape index (κ3) is 2.38. The quantitative estimate of drug-likeness (QED) is 0.833. The van der Waals surface area contributed by atoms with Crippen LogP contribution in [0.1, 0.15) is 25.7 Å². The highest BCUT2D eigenvalue weighted by molar-refractivity contribution is 6.31. The molecule has 0 spiro atoms. The summed E-state index contributed by atoms with van der Waals surface area (Å²) in [5, 5.41) is 0.355. The maximum absolute atomic E-state index is 5.80. The summed E-state index contributed by atoms with van der Waals surface area (Å²) in [5.41, 5.74) is 0. The molecule has 6 heteroatoms. The number of halogens is 2. The number of nitrogens with zero attached hydrogens (tertiary/aromatic N) is 4. The summed E-state index contributed by atoms with van der Waals surface area (Å²) < 4.78 is 0. The van der Waals surface area contributed by atoms with Crippen LogP contribution in [0.2, 0.25) is 10.6 Å². The van der Waals surface area contributed by atoms with Crippen molar-refractivity contribution in [3.8, 4) is 0 Å². The van der Waals surface area contributed by atoms with E-state index in [1.807, 2.05) is 0 Å². The molecule has 1 aromatic rings. The van der Waals surface area contributed by atoms with Crippen molar-refractivity contribution in [2.75, 3.05) is 11.4 Å². The van der Waals surface area contributed by atoms with Gasteiger partial charge >= 0.3 is 0 Å². The molecule has 2 saturated carbocycles. The van der Waals surface area contributed by atoms with Crippen molar-refractivity contribution in [2.45, 2.75) is 31.7 Å². The smallest absolute Gasteiger partial charge is 0.231 e. The van der Waals surface area contributed by atoms with Gasteiger partial charge in [0.1, 0.15) is 0 Å². The third-order valence-corrected chi connectivity index (χ3v) is 3.30. The molecule has 16 heavy (non-hydrogen) atoms. The highest BCUT2D eigenvalue weighted by Crippen LogP contribution is 2.36. The Labute approximate surface area is 104 Å². The Morgan fingerprint density at radius 1 is 1.00 bits per heavy atom. The van der Waals surface area contributed by atoms with Gasteiger partial charge < -0.3 is 4.90 Å². The van der Waals surface area contributed by atoms with Gasteiger partial charge in [0.15, 0.2) is 0 Å². The van der Waals surface area contributed by atoms with E-state index in [9.17, 15) is 0 Å². The molecular formula is C10H12Cl2N4. The van der Waals surface area contributed by atoms with Gasteiger partial charge in [-0.1, -0.05) is 0 Å². The minimum absolute atomic E-state index is 0.177. The fourth-order valence-corrected chi connectivity index (χ4v) is 2.16. The van der Waals surface area contributed by atoms with Crippen molar-refractivity contribution in [3.05, 3.63) is 10.6 Å². The topological polar surface area (TPSA) is 41.9 Å². The van der Waals surface area contributed by atoms with E-state index in [1.165, 1.54) is 25.7 Å². The second kappa shape index (κ2) is 4.00. The average molecular weight is 259 g/mol. The van der Waals surface area contributed by atoms with Gasteiger partial charge in [-0.15, -0.1) is 0 Å². The van der Waals surface area contributed by atoms with Crippen molar-refractivity contribution in [3.63, 3.8) is 0 Å². The number of rotatable bonds is 4. The second-order valence-electron chi connectivity index (χ2n) is 4.50. The second-order valence-corrected chi connectivity index (χ2v) is 5.18. The molecule has 2 aliphatic carbocycles. The first-order valence-corrected chi connectivity index (χ1v) is 6.31. The highest BCUT2D eigenvalue weighted by atomic mass is 35.5. The molecule has 1 aromatic heterocycles. The molecule has 0 saturated heterocycles. The molecular weight excluding hydrogens is 247 g/mol. The van der Waals surface area contributed by atoms with Crippen molar-refractivity contribution >= 4 is 29.2 Å². The molecule has 1 heterocycles. The van der Waals surface area contributed by atoms with Crippen molar-refractivity contribution in [2.24, 2.45) is 5.92 Å². The zero-order valence-electron chi connectivity index (χ0n) is 8.74. The predicted octanol–water partition coefficient (Wildman–Crippen LogP) is 2.56. The van der Waals surface area contributed by atoms with Crippen LogP contribution in [0.15, 0.2) is 0 Å². The predicted molar refractivity (Wildman–Crippen MR) is 62.9 cm³/mol. The maximum Gasteiger partial charge on any atom is 0.231 e. The first-order valence-electron chi connectivity index (χ1n) is 5.56. The van der Waals surface area contributed by atoms with E-state index in [1.54, 1.807) is 0 Å². The molecule has 86 valence electrons. The minimum Gasteiger partial charge on any atom is -0.337 e. The van der Waals surface area contributed by atoms with E-state index in [-0.39, 0.29) is 10.6 Å². The Morgan fingerprint density at radius 3 is 2.12 bits per heavy atom. The summed E-state index contributed by atoms with van der Waals surface area (Å²) in [6, 6.07) is 0.579. The number of hydrogen-bond acceptors (Lipinski definition) is 4. The van der Waals surface area contributed by atoms with Gasteiger partial charge in [0.05, 0.1) is 0 Å². The third-order valence-electron chi connectivity index (χ3n) is 2.97. The van der Waals surface area contributed by atoms with Crippen molar-refractivity contribution < 1.29 is 0 Å². The summed E-state index contributed by atoms with van der Waals surface area (Å²) in [4.78, 5) is 14.3. The Morgan fingerprint density at radius 2 is 1.62 bits per heavy atom. The lowest BCUT2D eigenvalue weighted by Gasteiger charge is -2.21. The normalized spacial score (nSPS) is 19.9. The molecule has 3 rings (SSSR count). The molecule has 0 aliphatic heterocycles. The standard InChI is InChI=1S/C10H12Cl2N4/c11-8-13-9(12)15-10(14-8)16(7-3-4-7)5-6-1-2-6/h6-7H,1-5H2. The summed E-state index contributed by atoms with van der Waals surface area (Å²) in [6.45, 7) is 1.03. The summed E-state index contributed by atoms with van der Waals surface area (Å²) in [6.07, 6.45) is 5.06. The summed E-state index contributed by atoms with van der Waals surface area (Å²) in [5.74, 6) is 1.44. The fourth-order valence-electron chi connectivity index (χ4n) is 1.80. The van der Waals surface area contributed by atoms with Gasteiger partial charge in [-0.2, -0.15) is 15.0 Å². The van der Waals surface area contributed by atoms with Gasteiger partial charge in [-0.25, -0.2) is 0 Å². The maximum atomic E-state index is 5.80. The Kier molecular flexibility index (Phi) is 2.64. The molecule has 0 N–H and O–H groups in total. The number of hydrogen-bond donors (Lipinski definition) is 0. The zero-order valence-corrected chi connectivity index (χ0v) is 10.2. The molecule has 0 amide bonds. The van der Waals surface area contributed by atoms with Crippen LogP contribution in [0, 0.1) is 5.92 Å². The first-order chi connectivity index (χ1) is 7.72. The molecule has 0 bridgehead atoms. The molecule has 0 atom stereocenters. The Hall–Kier alpha value is -0.610. The lowest BCUT2D eigenvalue weighted by molar-refractivity contribution is 0.694.